The second-order valence-corrected chi connectivity index (χ2v) is 6.31. The molecule has 0 amide bonds. The van der Waals surface area contributed by atoms with Crippen molar-refractivity contribution in [3.05, 3.63) is 0 Å². The minimum atomic E-state index is -0.729. The quantitative estimate of drug-likeness (QED) is 0.537. The first-order valence-electron chi connectivity index (χ1n) is 5.80. The Morgan fingerprint density at radius 2 is 1.94 bits per heavy atom. The van der Waals surface area contributed by atoms with Crippen LogP contribution in [0.4, 0.5) is 0 Å². The lowest BCUT2D eigenvalue weighted by molar-refractivity contribution is -0.154. The molecule has 0 aromatic heterocycles. The van der Waals surface area contributed by atoms with E-state index in [1.165, 1.54) is 0 Å². The Morgan fingerprint density at radius 1 is 1.35 bits per heavy atom. The third-order valence-corrected chi connectivity index (χ3v) is 2.80. The average molecular weight is 263 g/mol. The first-order valence-corrected chi connectivity index (χ1v) is 7.19. The summed E-state index contributed by atoms with van der Waals surface area (Å²) in [4.78, 5) is 11.4. The Bertz CT molecular complexity index is 236. The van der Waals surface area contributed by atoms with Crippen LogP contribution in [0.15, 0.2) is 0 Å². The lowest BCUT2D eigenvalue weighted by atomic mass is 10.1. The van der Waals surface area contributed by atoms with Gasteiger partial charge in [0.2, 0.25) is 0 Å². The topological polar surface area (TPSA) is 58.6 Å². The summed E-state index contributed by atoms with van der Waals surface area (Å²) < 4.78 is 5.17. The van der Waals surface area contributed by atoms with Crippen LogP contribution in [0.5, 0.6) is 0 Å². The second kappa shape index (κ2) is 7.24. The van der Waals surface area contributed by atoms with Gasteiger partial charge in [0.15, 0.2) is 0 Å². The van der Waals surface area contributed by atoms with Gasteiger partial charge in [0.1, 0.15) is 5.60 Å². The van der Waals surface area contributed by atoms with Crippen LogP contribution in [0.2, 0.25) is 0 Å². The summed E-state index contributed by atoms with van der Waals surface area (Å²) in [5, 5.41) is 12.9. The summed E-state index contributed by atoms with van der Waals surface area (Å²) in [7, 11) is 0. The third-order valence-electron chi connectivity index (χ3n) is 1.89. The molecule has 0 fully saturated rings. The predicted octanol–water partition coefficient (Wildman–Crippen LogP) is 1.42. The molecule has 1 unspecified atom stereocenters. The fraction of sp³-hybridized carbons (Fsp3) is 0.917. The molecular formula is C12H25NO3S. The molecule has 17 heavy (non-hydrogen) atoms. The molecule has 0 aliphatic carbocycles. The zero-order chi connectivity index (χ0) is 13.5. The van der Waals surface area contributed by atoms with E-state index >= 15 is 0 Å². The molecule has 0 heterocycles. The molecule has 0 radical (unpaired) electrons. The molecule has 1 atom stereocenters. The fourth-order valence-electron chi connectivity index (χ4n) is 1.30. The molecule has 0 aromatic carbocycles. The van der Waals surface area contributed by atoms with Crippen molar-refractivity contribution < 1.29 is 14.6 Å². The molecule has 0 spiro atoms. The molecule has 0 saturated carbocycles. The SMILES string of the molecule is CSCC(C)(O)CNCCC(=O)OC(C)(C)C. The summed E-state index contributed by atoms with van der Waals surface area (Å²) >= 11 is 1.60. The van der Waals surface area contributed by atoms with Gasteiger partial charge in [-0.15, -0.1) is 0 Å². The first kappa shape index (κ1) is 16.7. The average Bonchev–Trinajstić information content (AvgIpc) is 2.09. The number of carbonyl (C=O) groups is 1. The summed E-state index contributed by atoms with van der Waals surface area (Å²) in [6.07, 6.45) is 2.28. The predicted molar refractivity (Wildman–Crippen MR) is 72.3 cm³/mol. The molecule has 0 aliphatic heterocycles. The Hall–Kier alpha value is -0.260. The van der Waals surface area contributed by atoms with Crippen molar-refractivity contribution in [3.8, 4) is 0 Å². The Kier molecular flexibility index (Phi) is 7.13. The summed E-state index contributed by atoms with van der Waals surface area (Å²) in [5.74, 6) is 0.460. The van der Waals surface area contributed by atoms with E-state index in [0.29, 0.717) is 25.3 Å². The van der Waals surface area contributed by atoms with Crippen LogP contribution in [0.3, 0.4) is 0 Å². The van der Waals surface area contributed by atoms with Gasteiger partial charge in [-0.2, -0.15) is 11.8 Å². The van der Waals surface area contributed by atoms with Gasteiger partial charge in [0.25, 0.3) is 0 Å². The van der Waals surface area contributed by atoms with Gasteiger partial charge in [-0.05, 0) is 34.0 Å². The molecule has 0 rings (SSSR count). The van der Waals surface area contributed by atoms with Crippen LogP contribution < -0.4 is 5.32 Å². The standard InChI is InChI=1S/C12H25NO3S/c1-11(2,3)16-10(14)6-7-13-8-12(4,15)9-17-5/h13,15H,6-9H2,1-5H3. The number of hydrogen-bond donors (Lipinski definition) is 2. The van der Waals surface area contributed by atoms with Gasteiger partial charge in [-0.25, -0.2) is 0 Å². The van der Waals surface area contributed by atoms with Crippen molar-refractivity contribution in [3.63, 3.8) is 0 Å². The number of rotatable bonds is 7. The van der Waals surface area contributed by atoms with Crippen LogP contribution in [-0.4, -0.2) is 47.4 Å². The van der Waals surface area contributed by atoms with E-state index in [2.05, 4.69) is 5.32 Å². The fourth-order valence-corrected chi connectivity index (χ4v) is 2.03. The van der Waals surface area contributed by atoms with Gasteiger partial charge < -0.3 is 15.2 Å². The highest BCUT2D eigenvalue weighted by atomic mass is 32.2. The molecular weight excluding hydrogens is 238 g/mol. The zero-order valence-electron chi connectivity index (χ0n) is 11.5. The maximum atomic E-state index is 11.4. The number of nitrogens with one attached hydrogen (secondary N) is 1. The molecule has 0 aromatic rings. The van der Waals surface area contributed by atoms with Crippen LogP contribution in [-0.2, 0) is 9.53 Å². The molecule has 4 nitrogen and oxygen atoms in total. The van der Waals surface area contributed by atoms with Crippen LogP contribution in [0.1, 0.15) is 34.1 Å². The largest absolute Gasteiger partial charge is 0.460 e. The highest BCUT2D eigenvalue weighted by Crippen LogP contribution is 2.09. The van der Waals surface area contributed by atoms with Gasteiger partial charge >= 0.3 is 5.97 Å². The maximum Gasteiger partial charge on any atom is 0.307 e. The van der Waals surface area contributed by atoms with Crippen molar-refractivity contribution in [2.24, 2.45) is 0 Å². The normalized spacial score (nSPS) is 15.4. The summed E-state index contributed by atoms with van der Waals surface area (Å²) in [6.45, 7) is 8.34. The van der Waals surface area contributed by atoms with Crippen molar-refractivity contribution in [2.45, 2.75) is 45.3 Å². The van der Waals surface area contributed by atoms with E-state index in [1.54, 1.807) is 18.7 Å². The Balaban J connectivity index is 3.68. The van der Waals surface area contributed by atoms with E-state index < -0.39 is 11.2 Å². The summed E-state index contributed by atoms with van der Waals surface area (Å²) in [6, 6.07) is 0. The van der Waals surface area contributed by atoms with E-state index in [4.69, 9.17) is 4.74 Å². The van der Waals surface area contributed by atoms with E-state index in [0.717, 1.165) is 0 Å². The van der Waals surface area contributed by atoms with Gasteiger partial charge in [-0.1, -0.05) is 0 Å². The lowest BCUT2D eigenvalue weighted by Gasteiger charge is -2.23. The zero-order valence-corrected chi connectivity index (χ0v) is 12.3. The molecule has 2 N–H and O–H groups in total. The molecule has 0 saturated heterocycles. The summed E-state index contributed by atoms with van der Waals surface area (Å²) in [5.41, 5.74) is -1.16. The van der Waals surface area contributed by atoms with E-state index in [-0.39, 0.29) is 5.97 Å². The number of hydrogen-bond acceptors (Lipinski definition) is 5. The van der Waals surface area contributed by atoms with E-state index in [1.807, 2.05) is 27.0 Å². The van der Waals surface area contributed by atoms with Gasteiger partial charge in [0, 0.05) is 18.8 Å². The lowest BCUT2D eigenvalue weighted by Crippen LogP contribution is -2.40. The number of carbonyl (C=O) groups excluding carboxylic acids is 1. The monoisotopic (exact) mass is 263 g/mol. The number of thioether (sulfide) groups is 1. The molecule has 0 bridgehead atoms. The highest BCUT2D eigenvalue weighted by Gasteiger charge is 2.19. The Morgan fingerprint density at radius 3 is 2.41 bits per heavy atom. The van der Waals surface area contributed by atoms with Gasteiger partial charge in [-0.3, -0.25) is 4.79 Å². The van der Waals surface area contributed by atoms with Crippen molar-refractivity contribution in [1.82, 2.24) is 5.32 Å². The van der Waals surface area contributed by atoms with Crippen molar-refractivity contribution in [1.29, 1.82) is 0 Å². The number of aliphatic hydroxyl groups is 1. The Labute approximate surface area is 108 Å². The van der Waals surface area contributed by atoms with Crippen molar-refractivity contribution >= 4 is 17.7 Å². The third kappa shape index (κ3) is 10.6. The van der Waals surface area contributed by atoms with E-state index in [9.17, 15) is 9.90 Å². The second-order valence-electron chi connectivity index (χ2n) is 5.44. The van der Waals surface area contributed by atoms with Gasteiger partial charge in [0.05, 0.1) is 12.0 Å². The maximum absolute atomic E-state index is 11.4. The smallest absolute Gasteiger partial charge is 0.307 e. The molecule has 5 heteroatoms. The van der Waals surface area contributed by atoms with Crippen LogP contribution >= 0.6 is 11.8 Å². The van der Waals surface area contributed by atoms with Crippen LogP contribution in [0.25, 0.3) is 0 Å². The highest BCUT2D eigenvalue weighted by molar-refractivity contribution is 7.98. The minimum Gasteiger partial charge on any atom is -0.460 e. The number of esters is 1. The molecule has 102 valence electrons. The minimum absolute atomic E-state index is 0.213. The molecule has 0 aliphatic rings. The number of ether oxygens (including phenoxy) is 1. The first-order chi connectivity index (χ1) is 7.66. The van der Waals surface area contributed by atoms with Crippen LogP contribution in [0, 0.1) is 0 Å². The van der Waals surface area contributed by atoms with Crippen molar-refractivity contribution in [2.75, 3.05) is 25.1 Å².